The van der Waals surface area contributed by atoms with E-state index < -0.39 is 22.1 Å². The van der Waals surface area contributed by atoms with Gasteiger partial charge in [-0.05, 0) is 18.8 Å². The lowest BCUT2D eigenvalue weighted by atomic mass is 9.96. The van der Waals surface area contributed by atoms with Crippen LogP contribution in [0, 0.1) is 11.8 Å². The Labute approximate surface area is 120 Å². The van der Waals surface area contributed by atoms with Crippen LogP contribution in [0.2, 0.25) is 0 Å². The highest BCUT2D eigenvalue weighted by atomic mass is 32.2. The van der Waals surface area contributed by atoms with Crippen LogP contribution in [-0.2, 0) is 15.0 Å². The molecule has 0 aromatic rings. The second kappa shape index (κ2) is 5.99. The Bertz CT molecular complexity index is 459. The molecule has 0 amide bonds. The van der Waals surface area contributed by atoms with Gasteiger partial charge in [0.25, 0.3) is 10.2 Å². The number of carboxylic acids is 1. The Morgan fingerprint density at radius 3 is 2.30 bits per heavy atom. The molecule has 1 aliphatic carbocycles. The summed E-state index contributed by atoms with van der Waals surface area (Å²) in [5, 5.41) is 9.12. The van der Waals surface area contributed by atoms with E-state index in [1.54, 1.807) is 14.0 Å². The summed E-state index contributed by atoms with van der Waals surface area (Å²) in [6, 6.07) is 0.0629. The van der Waals surface area contributed by atoms with Crippen molar-refractivity contribution < 1.29 is 18.3 Å². The number of nitrogens with zero attached hydrogens (tertiary/aromatic N) is 2. The van der Waals surface area contributed by atoms with Crippen LogP contribution < -0.4 is 0 Å². The van der Waals surface area contributed by atoms with Crippen LogP contribution >= 0.6 is 0 Å². The number of aliphatic carboxylic acids is 1. The zero-order valence-corrected chi connectivity index (χ0v) is 13.0. The van der Waals surface area contributed by atoms with Gasteiger partial charge in [0.15, 0.2) is 0 Å². The molecule has 20 heavy (non-hydrogen) atoms. The Hall–Kier alpha value is -0.660. The molecule has 0 spiro atoms. The van der Waals surface area contributed by atoms with Crippen LogP contribution in [0.5, 0.6) is 0 Å². The zero-order chi connectivity index (χ0) is 14.9. The van der Waals surface area contributed by atoms with Gasteiger partial charge in [0.2, 0.25) is 0 Å². The lowest BCUT2D eigenvalue weighted by molar-refractivity contribution is -0.142. The molecule has 1 N–H and O–H groups in total. The standard InChI is InChI=1S/C13H24N2O4S/c1-10-8-15(9-12(10)13(16)17)20(18,19)14(2)11-6-4-3-5-7-11/h10-12H,3-9H2,1-2H3,(H,16,17). The third-order valence-corrected chi connectivity index (χ3v) is 6.65. The first kappa shape index (κ1) is 15.7. The number of carboxylic acid groups (broad SMARTS) is 1. The first-order chi connectivity index (χ1) is 9.34. The summed E-state index contributed by atoms with van der Waals surface area (Å²) in [5.41, 5.74) is 0. The predicted molar refractivity (Wildman–Crippen MR) is 75.4 cm³/mol. The van der Waals surface area contributed by atoms with E-state index in [0.29, 0.717) is 6.54 Å². The second-order valence-corrected chi connectivity index (χ2v) is 8.04. The van der Waals surface area contributed by atoms with Crippen LogP contribution in [0.3, 0.4) is 0 Å². The van der Waals surface area contributed by atoms with Crippen LogP contribution in [0.15, 0.2) is 0 Å². The molecule has 0 bridgehead atoms. The molecule has 1 saturated heterocycles. The van der Waals surface area contributed by atoms with Crippen molar-refractivity contribution in [1.29, 1.82) is 0 Å². The van der Waals surface area contributed by atoms with E-state index in [1.807, 2.05) is 0 Å². The van der Waals surface area contributed by atoms with Gasteiger partial charge in [-0.2, -0.15) is 17.0 Å². The summed E-state index contributed by atoms with van der Waals surface area (Å²) in [6.07, 6.45) is 5.12. The number of rotatable bonds is 4. The van der Waals surface area contributed by atoms with E-state index in [0.717, 1.165) is 25.7 Å². The van der Waals surface area contributed by atoms with Gasteiger partial charge in [0.1, 0.15) is 0 Å². The molecule has 6 nitrogen and oxygen atoms in total. The maximum absolute atomic E-state index is 12.6. The summed E-state index contributed by atoms with van der Waals surface area (Å²) in [7, 11) is -1.91. The van der Waals surface area contributed by atoms with Crippen molar-refractivity contribution in [2.45, 2.75) is 45.1 Å². The SMILES string of the molecule is CC1CN(S(=O)(=O)N(C)C2CCCCC2)CC1C(=O)O. The molecular formula is C13H24N2O4S. The molecule has 0 aromatic heterocycles. The zero-order valence-electron chi connectivity index (χ0n) is 12.2. The highest BCUT2D eigenvalue weighted by Crippen LogP contribution is 2.30. The first-order valence-corrected chi connectivity index (χ1v) is 8.69. The maximum atomic E-state index is 12.6. The fourth-order valence-electron chi connectivity index (χ4n) is 3.25. The van der Waals surface area contributed by atoms with Gasteiger partial charge in [0, 0.05) is 26.2 Å². The number of hydrogen-bond donors (Lipinski definition) is 1. The summed E-state index contributed by atoms with van der Waals surface area (Å²) in [5.74, 6) is -1.64. The van der Waals surface area contributed by atoms with Crippen LogP contribution in [-0.4, -0.2) is 54.3 Å². The van der Waals surface area contributed by atoms with Gasteiger partial charge in [0.05, 0.1) is 5.92 Å². The minimum atomic E-state index is -3.53. The lowest BCUT2D eigenvalue weighted by Crippen LogP contribution is -2.46. The second-order valence-electron chi connectivity index (χ2n) is 6.05. The largest absolute Gasteiger partial charge is 0.481 e. The van der Waals surface area contributed by atoms with Crippen LogP contribution in [0.25, 0.3) is 0 Å². The highest BCUT2D eigenvalue weighted by Gasteiger charge is 2.42. The highest BCUT2D eigenvalue weighted by molar-refractivity contribution is 7.86. The molecule has 7 heteroatoms. The molecule has 0 radical (unpaired) electrons. The summed E-state index contributed by atoms with van der Waals surface area (Å²) >= 11 is 0. The van der Waals surface area contributed by atoms with Crippen molar-refractivity contribution in [3.8, 4) is 0 Å². The Morgan fingerprint density at radius 2 is 1.80 bits per heavy atom. The predicted octanol–water partition coefficient (Wildman–Crippen LogP) is 1.15. The molecule has 2 aliphatic rings. The third-order valence-electron chi connectivity index (χ3n) is 4.68. The number of hydrogen-bond acceptors (Lipinski definition) is 3. The molecule has 0 aromatic carbocycles. The van der Waals surface area contributed by atoms with Crippen molar-refractivity contribution in [2.75, 3.05) is 20.1 Å². The van der Waals surface area contributed by atoms with Gasteiger partial charge in [-0.15, -0.1) is 0 Å². The van der Waals surface area contributed by atoms with Gasteiger partial charge >= 0.3 is 5.97 Å². The minimum absolute atomic E-state index is 0.0629. The fourth-order valence-corrected chi connectivity index (χ4v) is 4.97. The lowest BCUT2D eigenvalue weighted by Gasteiger charge is -2.33. The third kappa shape index (κ3) is 2.99. The van der Waals surface area contributed by atoms with Crippen LogP contribution in [0.1, 0.15) is 39.0 Å². The summed E-state index contributed by atoms with van der Waals surface area (Å²) < 4.78 is 28.0. The van der Waals surface area contributed by atoms with Crippen molar-refractivity contribution in [3.05, 3.63) is 0 Å². The summed E-state index contributed by atoms with van der Waals surface area (Å²) in [4.78, 5) is 11.1. The quantitative estimate of drug-likeness (QED) is 0.845. The van der Waals surface area contributed by atoms with Crippen molar-refractivity contribution in [3.63, 3.8) is 0 Å². The van der Waals surface area contributed by atoms with E-state index in [2.05, 4.69) is 0 Å². The molecule has 116 valence electrons. The Morgan fingerprint density at radius 1 is 1.20 bits per heavy atom. The van der Waals surface area contributed by atoms with Gasteiger partial charge < -0.3 is 5.11 Å². The molecule has 2 unspecified atom stereocenters. The van der Waals surface area contributed by atoms with E-state index in [1.165, 1.54) is 15.0 Å². The molecule has 2 rings (SSSR count). The maximum Gasteiger partial charge on any atom is 0.308 e. The van der Waals surface area contributed by atoms with Crippen molar-refractivity contribution >= 4 is 16.2 Å². The van der Waals surface area contributed by atoms with E-state index in [-0.39, 0.29) is 18.5 Å². The van der Waals surface area contributed by atoms with E-state index >= 15 is 0 Å². The van der Waals surface area contributed by atoms with Crippen LogP contribution in [0.4, 0.5) is 0 Å². The average molecular weight is 304 g/mol. The van der Waals surface area contributed by atoms with Gasteiger partial charge in [-0.25, -0.2) is 0 Å². The monoisotopic (exact) mass is 304 g/mol. The van der Waals surface area contributed by atoms with Crippen molar-refractivity contribution in [2.24, 2.45) is 11.8 Å². The van der Waals surface area contributed by atoms with Gasteiger partial charge in [-0.3, -0.25) is 4.79 Å². The topological polar surface area (TPSA) is 77.9 Å². The minimum Gasteiger partial charge on any atom is -0.481 e. The Kier molecular flexibility index (Phi) is 4.71. The molecule has 1 aliphatic heterocycles. The first-order valence-electron chi connectivity index (χ1n) is 7.30. The van der Waals surface area contributed by atoms with E-state index in [4.69, 9.17) is 5.11 Å². The van der Waals surface area contributed by atoms with Gasteiger partial charge in [-0.1, -0.05) is 26.2 Å². The fraction of sp³-hybridized carbons (Fsp3) is 0.923. The Balaban J connectivity index is 2.08. The average Bonchev–Trinajstić information content (AvgIpc) is 2.82. The number of carbonyl (C=O) groups is 1. The van der Waals surface area contributed by atoms with E-state index in [9.17, 15) is 13.2 Å². The molecule has 2 fully saturated rings. The molecular weight excluding hydrogens is 280 g/mol. The normalized spacial score (nSPS) is 29.9. The smallest absolute Gasteiger partial charge is 0.308 e. The molecule has 1 heterocycles. The molecule has 1 saturated carbocycles. The van der Waals surface area contributed by atoms with Crippen molar-refractivity contribution in [1.82, 2.24) is 8.61 Å². The molecule has 2 atom stereocenters. The summed E-state index contributed by atoms with van der Waals surface area (Å²) in [6.45, 7) is 2.20.